The van der Waals surface area contributed by atoms with E-state index in [4.69, 9.17) is 9.47 Å². The quantitative estimate of drug-likeness (QED) is 0.674. The molecule has 0 saturated carbocycles. The predicted molar refractivity (Wildman–Crippen MR) is 114 cm³/mol. The zero-order chi connectivity index (χ0) is 19.3. The van der Waals surface area contributed by atoms with Crippen LogP contribution in [0.15, 0.2) is 72.8 Å². The van der Waals surface area contributed by atoms with Crippen molar-refractivity contribution in [2.45, 2.75) is 26.1 Å². The standard InChI is InChI=1S/C24H26N2O2/c1-18-15-25-22-14-24(28-17-19-9-5-3-6-10-19)23(27-2)13-20(22)16-26(18)21-11-7-4-8-12-21/h3-14,18,25H,15-17H2,1-2H3. The van der Waals surface area contributed by atoms with E-state index in [2.05, 4.69) is 71.7 Å². The molecule has 0 saturated heterocycles. The molecule has 0 aliphatic carbocycles. The van der Waals surface area contributed by atoms with Crippen molar-refractivity contribution < 1.29 is 9.47 Å². The van der Waals surface area contributed by atoms with Gasteiger partial charge in [0.15, 0.2) is 11.5 Å². The lowest BCUT2D eigenvalue weighted by Gasteiger charge is -2.29. The summed E-state index contributed by atoms with van der Waals surface area (Å²) in [6, 6.07) is 25.3. The molecule has 4 rings (SSSR count). The van der Waals surface area contributed by atoms with Crippen LogP contribution in [0.4, 0.5) is 11.4 Å². The van der Waals surface area contributed by atoms with Crippen molar-refractivity contribution in [3.8, 4) is 11.5 Å². The van der Waals surface area contributed by atoms with Gasteiger partial charge in [0, 0.05) is 36.6 Å². The molecule has 4 nitrogen and oxygen atoms in total. The molecule has 3 aromatic carbocycles. The van der Waals surface area contributed by atoms with Crippen molar-refractivity contribution >= 4 is 11.4 Å². The number of nitrogens with one attached hydrogen (secondary N) is 1. The fourth-order valence-corrected chi connectivity index (χ4v) is 3.58. The van der Waals surface area contributed by atoms with E-state index in [0.717, 1.165) is 35.8 Å². The molecule has 3 aromatic rings. The topological polar surface area (TPSA) is 33.7 Å². The van der Waals surface area contributed by atoms with Gasteiger partial charge in [0.1, 0.15) is 6.61 Å². The van der Waals surface area contributed by atoms with Gasteiger partial charge in [0.25, 0.3) is 0 Å². The molecule has 1 heterocycles. The number of nitrogens with zero attached hydrogens (tertiary/aromatic N) is 1. The number of fused-ring (bicyclic) bond motifs is 1. The molecule has 0 aromatic heterocycles. The molecule has 0 fully saturated rings. The van der Waals surface area contributed by atoms with Crippen molar-refractivity contribution in [1.82, 2.24) is 0 Å². The zero-order valence-corrected chi connectivity index (χ0v) is 16.4. The van der Waals surface area contributed by atoms with Crippen LogP contribution in [-0.4, -0.2) is 19.7 Å². The van der Waals surface area contributed by atoms with Crippen molar-refractivity contribution in [1.29, 1.82) is 0 Å². The Morgan fingerprint density at radius 3 is 2.39 bits per heavy atom. The number of methoxy groups -OCH3 is 1. The molecule has 1 aliphatic rings. The minimum absolute atomic E-state index is 0.370. The highest BCUT2D eigenvalue weighted by atomic mass is 16.5. The van der Waals surface area contributed by atoms with E-state index < -0.39 is 0 Å². The number of para-hydroxylation sites is 1. The summed E-state index contributed by atoms with van der Waals surface area (Å²) in [5, 5.41) is 3.59. The molecule has 1 aliphatic heterocycles. The molecule has 1 N–H and O–H groups in total. The Labute approximate surface area is 166 Å². The molecule has 0 bridgehead atoms. The lowest BCUT2D eigenvalue weighted by atomic mass is 10.1. The first-order chi connectivity index (χ1) is 13.7. The molecular weight excluding hydrogens is 348 g/mol. The summed E-state index contributed by atoms with van der Waals surface area (Å²) in [6.07, 6.45) is 0. The predicted octanol–water partition coefficient (Wildman–Crippen LogP) is 5.09. The van der Waals surface area contributed by atoms with Crippen LogP contribution in [-0.2, 0) is 13.2 Å². The smallest absolute Gasteiger partial charge is 0.163 e. The van der Waals surface area contributed by atoms with Crippen LogP contribution in [0.1, 0.15) is 18.1 Å². The second-order valence-corrected chi connectivity index (χ2v) is 7.13. The van der Waals surface area contributed by atoms with Gasteiger partial charge in [-0.3, -0.25) is 0 Å². The Morgan fingerprint density at radius 1 is 0.964 bits per heavy atom. The van der Waals surface area contributed by atoms with E-state index in [1.807, 2.05) is 18.2 Å². The van der Waals surface area contributed by atoms with Gasteiger partial charge in [0.2, 0.25) is 0 Å². The summed E-state index contributed by atoms with van der Waals surface area (Å²) in [6.45, 7) is 4.45. The number of hydrogen-bond acceptors (Lipinski definition) is 4. The van der Waals surface area contributed by atoms with Crippen LogP contribution in [0.2, 0.25) is 0 Å². The molecule has 0 radical (unpaired) electrons. The number of hydrogen-bond donors (Lipinski definition) is 1. The highest BCUT2D eigenvalue weighted by Gasteiger charge is 2.22. The maximum atomic E-state index is 6.08. The Bertz CT molecular complexity index is 913. The lowest BCUT2D eigenvalue weighted by molar-refractivity contribution is 0.284. The first-order valence-corrected chi connectivity index (χ1v) is 9.68. The van der Waals surface area contributed by atoms with E-state index in [-0.39, 0.29) is 0 Å². The third-order valence-electron chi connectivity index (χ3n) is 5.18. The highest BCUT2D eigenvalue weighted by molar-refractivity contribution is 5.63. The Kier molecular flexibility index (Phi) is 5.38. The zero-order valence-electron chi connectivity index (χ0n) is 16.4. The van der Waals surface area contributed by atoms with Gasteiger partial charge < -0.3 is 19.7 Å². The molecule has 0 amide bonds. The van der Waals surface area contributed by atoms with Gasteiger partial charge in [-0.15, -0.1) is 0 Å². The van der Waals surface area contributed by atoms with Crippen LogP contribution < -0.4 is 19.7 Å². The molecule has 144 valence electrons. The van der Waals surface area contributed by atoms with Crippen molar-refractivity contribution in [3.05, 3.63) is 83.9 Å². The molecule has 1 unspecified atom stereocenters. The molecule has 28 heavy (non-hydrogen) atoms. The maximum Gasteiger partial charge on any atom is 0.163 e. The molecule has 0 spiro atoms. The van der Waals surface area contributed by atoms with Crippen molar-refractivity contribution in [3.63, 3.8) is 0 Å². The maximum absolute atomic E-state index is 6.08. The summed E-state index contributed by atoms with van der Waals surface area (Å²) in [4.78, 5) is 2.42. The van der Waals surface area contributed by atoms with E-state index >= 15 is 0 Å². The lowest BCUT2D eigenvalue weighted by Crippen LogP contribution is -2.35. The number of benzene rings is 3. The second kappa shape index (κ2) is 8.26. The number of ether oxygens (including phenoxy) is 2. The third-order valence-corrected chi connectivity index (χ3v) is 5.18. The average molecular weight is 374 g/mol. The Hall–Kier alpha value is -3.14. The Balaban J connectivity index is 1.60. The number of anilines is 2. The van der Waals surface area contributed by atoms with Gasteiger partial charge in [0.05, 0.1) is 7.11 Å². The van der Waals surface area contributed by atoms with Crippen LogP contribution in [0.25, 0.3) is 0 Å². The SMILES string of the molecule is COc1cc2c(cc1OCc1ccccc1)NCC(C)N(c1ccccc1)C2. The summed E-state index contributed by atoms with van der Waals surface area (Å²) in [5.41, 5.74) is 4.68. The highest BCUT2D eigenvalue weighted by Crippen LogP contribution is 2.37. The summed E-state index contributed by atoms with van der Waals surface area (Å²) in [5.74, 6) is 1.53. The second-order valence-electron chi connectivity index (χ2n) is 7.13. The van der Waals surface area contributed by atoms with Gasteiger partial charge in [-0.25, -0.2) is 0 Å². The van der Waals surface area contributed by atoms with Crippen molar-refractivity contribution in [2.24, 2.45) is 0 Å². The first-order valence-electron chi connectivity index (χ1n) is 9.68. The molecular formula is C24H26N2O2. The summed E-state index contributed by atoms with van der Waals surface area (Å²) in [7, 11) is 1.69. The minimum Gasteiger partial charge on any atom is -0.493 e. The first kappa shape index (κ1) is 18.2. The van der Waals surface area contributed by atoms with Crippen molar-refractivity contribution in [2.75, 3.05) is 23.9 Å². The fraction of sp³-hybridized carbons (Fsp3) is 0.250. The van der Waals surface area contributed by atoms with Crippen LogP contribution in [0.5, 0.6) is 11.5 Å². The largest absolute Gasteiger partial charge is 0.493 e. The average Bonchev–Trinajstić information content (AvgIpc) is 2.91. The summed E-state index contributed by atoms with van der Waals surface area (Å²) >= 11 is 0. The van der Waals surface area contributed by atoms with E-state index in [0.29, 0.717) is 12.6 Å². The minimum atomic E-state index is 0.370. The van der Waals surface area contributed by atoms with E-state index in [9.17, 15) is 0 Å². The monoisotopic (exact) mass is 374 g/mol. The molecule has 4 heteroatoms. The van der Waals surface area contributed by atoms with Gasteiger partial charge in [-0.1, -0.05) is 48.5 Å². The Morgan fingerprint density at radius 2 is 1.68 bits per heavy atom. The third kappa shape index (κ3) is 3.91. The fourth-order valence-electron chi connectivity index (χ4n) is 3.58. The molecule has 1 atom stereocenters. The normalized spacial score (nSPS) is 15.9. The van der Waals surface area contributed by atoms with Crippen LogP contribution in [0, 0.1) is 0 Å². The van der Waals surface area contributed by atoms with E-state index in [1.54, 1.807) is 7.11 Å². The summed E-state index contributed by atoms with van der Waals surface area (Å²) < 4.78 is 11.7. The number of rotatable bonds is 5. The van der Waals surface area contributed by atoms with Gasteiger partial charge in [-0.05, 0) is 36.2 Å². The van der Waals surface area contributed by atoms with E-state index in [1.165, 1.54) is 11.3 Å². The van der Waals surface area contributed by atoms with Gasteiger partial charge in [-0.2, -0.15) is 0 Å². The van der Waals surface area contributed by atoms with Crippen LogP contribution in [0.3, 0.4) is 0 Å². The van der Waals surface area contributed by atoms with Crippen LogP contribution >= 0.6 is 0 Å². The van der Waals surface area contributed by atoms with Gasteiger partial charge >= 0.3 is 0 Å².